The van der Waals surface area contributed by atoms with E-state index in [4.69, 9.17) is 4.98 Å². The Labute approximate surface area is 123 Å². The van der Waals surface area contributed by atoms with Gasteiger partial charge < -0.3 is 4.57 Å². The van der Waals surface area contributed by atoms with Crippen LogP contribution in [-0.4, -0.2) is 9.55 Å². The number of unbranched alkanes of at least 4 members (excludes halogenated alkanes) is 1. The number of nitrogens with zero attached hydrogens (tertiary/aromatic N) is 2. The zero-order valence-corrected chi connectivity index (χ0v) is 12.9. The minimum Gasteiger partial charge on any atom is -0.323 e. The van der Waals surface area contributed by atoms with Crippen molar-refractivity contribution in [2.75, 3.05) is 0 Å². The zero-order chi connectivity index (χ0) is 12.3. The van der Waals surface area contributed by atoms with E-state index in [-0.39, 0.29) is 12.4 Å². The number of aryl methyl sites for hydroxylation is 1. The molecule has 18 heavy (non-hydrogen) atoms. The lowest BCUT2D eigenvalue weighted by atomic mass is 10.2. The van der Waals surface area contributed by atoms with E-state index in [1.54, 1.807) is 0 Å². The van der Waals surface area contributed by atoms with Crippen molar-refractivity contribution in [3.05, 3.63) is 41.2 Å². The second-order valence-electron chi connectivity index (χ2n) is 4.22. The molecule has 0 saturated heterocycles. The third kappa shape index (κ3) is 3.36. The molecule has 0 N–H and O–H groups in total. The molecule has 0 aliphatic rings. The second kappa shape index (κ2) is 6.95. The zero-order valence-electron chi connectivity index (χ0n) is 10.5. The molecule has 2 nitrogen and oxygen atoms in total. The smallest absolute Gasteiger partial charge is 0.110 e. The average molecular weight is 330 g/mol. The topological polar surface area (TPSA) is 17.8 Å². The quantitative estimate of drug-likeness (QED) is 0.777. The maximum absolute atomic E-state index is 4.70. The number of benzene rings is 1. The Morgan fingerprint density at radius 2 is 2.11 bits per heavy atom. The monoisotopic (exact) mass is 328 g/mol. The van der Waals surface area contributed by atoms with E-state index >= 15 is 0 Å². The maximum atomic E-state index is 4.70. The van der Waals surface area contributed by atoms with Gasteiger partial charge in [0, 0.05) is 10.9 Å². The summed E-state index contributed by atoms with van der Waals surface area (Å²) in [5.41, 5.74) is 2.27. The van der Waals surface area contributed by atoms with Crippen molar-refractivity contribution in [3.63, 3.8) is 0 Å². The predicted molar refractivity (Wildman–Crippen MR) is 83.7 cm³/mol. The average Bonchev–Trinajstić information content (AvgIpc) is 2.64. The number of aromatic nitrogens is 2. The van der Waals surface area contributed by atoms with E-state index in [9.17, 15) is 0 Å². The lowest BCUT2D eigenvalue weighted by Gasteiger charge is -2.07. The first-order chi connectivity index (χ1) is 8.22. The molecule has 0 spiro atoms. The Bertz CT molecular complexity index is 534. The second-order valence-corrected chi connectivity index (χ2v) is 5.35. The van der Waals surface area contributed by atoms with Crippen molar-refractivity contribution in [3.8, 4) is 0 Å². The highest BCUT2D eigenvalue weighted by molar-refractivity contribution is 9.11. The van der Waals surface area contributed by atoms with Crippen molar-refractivity contribution in [2.24, 2.45) is 0 Å². The Morgan fingerprint density at radius 1 is 1.39 bits per heavy atom. The van der Waals surface area contributed by atoms with E-state index in [2.05, 4.69) is 52.2 Å². The number of fused-ring (bicyclic) bond motifs is 1. The molecular weight excluding hydrogens is 312 g/mol. The minimum atomic E-state index is 0. The van der Waals surface area contributed by atoms with Crippen LogP contribution in [0.1, 0.15) is 25.6 Å². The van der Waals surface area contributed by atoms with Crippen LogP contribution in [0.25, 0.3) is 11.0 Å². The third-order valence-corrected chi connectivity index (χ3v) is 3.07. The van der Waals surface area contributed by atoms with Crippen LogP contribution in [0, 0.1) is 0 Å². The Kier molecular flexibility index (Phi) is 5.89. The largest absolute Gasteiger partial charge is 0.323 e. The van der Waals surface area contributed by atoms with Gasteiger partial charge in [0.25, 0.3) is 0 Å². The van der Waals surface area contributed by atoms with Crippen LogP contribution in [0.2, 0.25) is 0 Å². The molecule has 0 saturated carbocycles. The molecule has 2 aromatic rings. The standard InChI is InChI=1S/C14H17BrN2.ClH/c1-3-4-9-14-16-12-7-5-6-8-13(12)17(14)10-11(2)15;/h5-8H,2-4,9-10H2,1H3;1H. The van der Waals surface area contributed by atoms with Gasteiger partial charge in [-0.2, -0.15) is 0 Å². The Morgan fingerprint density at radius 3 is 2.78 bits per heavy atom. The van der Waals surface area contributed by atoms with E-state index < -0.39 is 0 Å². The fraction of sp³-hybridized carbons (Fsp3) is 0.357. The van der Waals surface area contributed by atoms with Gasteiger partial charge in [-0.1, -0.05) is 48.0 Å². The predicted octanol–water partition coefficient (Wildman–Crippen LogP) is 4.71. The number of imidazole rings is 1. The summed E-state index contributed by atoms with van der Waals surface area (Å²) >= 11 is 3.44. The summed E-state index contributed by atoms with van der Waals surface area (Å²) in [6, 6.07) is 8.28. The molecule has 98 valence electrons. The molecule has 1 heterocycles. The number of rotatable bonds is 5. The number of halogens is 2. The molecule has 0 bridgehead atoms. The van der Waals surface area contributed by atoms with Crippen molar-refractivity contribution in [1.29, 1.82) is 0 Å². The molecule has 1 aromatic heterocycles. The summed E-state index contributed by atoms with van der Waals surface area (Å²) in [7, 11) is 0. The van der Waals surface area contributed by atoms with Crippen molar-refractivity contribution < 1.29 is 0 Å². The van der Waals surface area contributed by atoms with Crippen LogP contribution in [-0.2, 0) is 13.0 Å². The van der Waals surface area contributed by atoms with E-state index in [1.165, 1.54) is 18.4 Å². The third-order valence-electron chi connectivity index (χ3n) is 2.82. The molecule has 0 aliphatic heterocycles. The lowest BCUT2D eigenvalue weighted by Crippen LogP contribution is -2.03. The highest BCUT2D eigenvalue weighted by Crippen LogP contribution is 2.20. The highest BCUT2D eigenvalue weighted by Gasteiger charge is 2.09. The molecule has 0 atom stereocenters. The lowest BCUT2D eigenvalue weighted by molar-refractivity contribution is 0.695. The number of hydrogen-bond donors (Lipinski definition) is 0. The molecule has 0 fully saturated rings. The molecule has 0 aliphatic carbocycles. The molecule has 0 unspecified atom stereocenters. The Hall–Kier alpha value is -0.800. The van der Waals surface area contributed by atoms with Crippen LogP contribution in [0.3, 0.4) is 0 Å². The molecule has 2 rings (SSSR count). The SMILES string of the molecule is C=C(Br)Cn1c(CCCC)nc2ccccc21.Cl. The van der Waals surface area contributed by atoms with Gasteiger partial charge in [-0.25, -0.2) is 4.98 Å². The first-order valence-corrected chi connectivity index (χ1v) is 6.79. The summed E-state index contributed by atoms with van der Waals surface area (Å²) in [4.78, 5) is 4.70. The van der Waals surface area contributed by atoms with Crippen LogP contribution in [0.5, 0.6) is 0 Å². The summed E-state index contributed by atoms with van der Waals surface area (Å²) in [5, 5.41) is 0. The summed E-state index contributed by atoms with van der Waals surface area (Å²) in [5.74, 6) is 1.16. The maximum Gasteiger partial charge on any atom is 0.110 e. The number of hydrogen-bond acceptors (Lipinski definition) is 1. The van der Waals surface area contributed by atoms with E-state index in [0.29, 0.717) is 0 Å². The van der Waals surface area contributed by atoms with E-state index in [0.717, 1.165) is 28.8 Å². The van der Waals surface area contributed by atoms with Gasteiger partial charge in [-0.05, 0) is 18.6 Å². The van der Waals surface area contributed by atoms with Gasteiger partial charge in [0.05, 0.1) is 17.6 Å². The van der Waals surface area contributed by atoms with Crippen LogP contribution in [0.4, 0.5) is 0 Å². The van der Waals surface area contributed by atoms with Crippen molar-refractivity contribution >= 4 is 39.4 Å². The number of allylic oxidation sites excluding steroid dienone is 1. The van der Waals surface area contributed by atoms with Crippen LogP contribution in [0.15, 0.2) is 35.3 Å². The molecule has 0 radical (unpaired) electrons. The summed E-state index contributed by atoms with van der Waals surface area (Å²) in [6.45, 7) is 6.92. The van der Waals surface area contributed by atoms with Crippen LogP contribution < -0.4 is 0 Å². The van der Waals surface area contributed by atoms with Gasteiger partial charge in [-0.15, -0.1) is 12.4 Å². The fourth-order valence-corrected chi connectivity index (χ4v) is 2.25. The van der Waals surface area contributed by atoms with Gasteiger partial charge >= 0.3 is 0 Å². The van der Waals surface area contributed by atoms with Gasteiger partial charge in [-0.3, -0.25) is 0 Å². The van der Waals surface area contributed by atoms with Crippen LogP contribution >= 0.6 is 28.3 Å². The van der Waals surface area contributed by atoms with Gasteiger partial charge in [0.2, 0.25) is 0 Å². The fourth-order valence-electron chi connectivity index (χ4n) is 2.00. The minimum absolute atomic E-state index is 0. The first-order valence-electron chi connectivity index (χ1n) is 5.99. The normalized spacial score (nSPS) is 10.3. The molecule has 1 aromatic carbocycles. The molecular formula is C14H18BrClN2. The highest BCUT2D eigenvalue weighted by atomic mass is 79.9. The summed E-state index contributed by atoms with van der Waals surface area (Å²) in [6.07, 6.45) is 3.40. The molecule has 4 heteroatoms. The van der Waals surface area contributed by atoms with Crippen molar-refractivity contribution in [1.82, 2.24) is 9.55 Å². The first kappa shape index (κ1) is 15.3. The Balaban J connectivity index is 0.00000162. The number of para-hydroxylation sites is 2. The van der Waals surface area contributed by atoms with Gasteiger partial charge in [0.15, 0.2) is 0 Å². The molecule has 0 amide bonds. The van der Waals surface area contributed by atoms with Gasteiger partial charge in [0.1, 0.15) is 5.82 Å². The van der Waals surface area contributed by atoms with E-state index in [1.807, 2.05) is 6.07 Å². The van der Waals surface area contributed by atoms with Crippen molar-refractivity contribution in [2.45, 2.75) is 32.7 Å². The summed E-state index contributed by atoms with van der Waals surface area (Å²) < 4.78 is 3.24.